The fourth-order valence-electron chi connectivity index (χ4n) is 2.47. The molecule has 2 rings (SSSR count). The van der Waals surface area contributed by atoms with Crippen molar-refractivity contribution in [3.8, 4) is 6.07 Å². The van der Waals surface area contributed by atoms with Gasteiger partial charge in [0.1, 0.15) is 0 Å². The minimum Gasteiger partial charge on any atom is -0.327 e. The number of hydrogen-bond donors (Lipinski definition) is 2. The molecule has 1 aromatic carbocycles. The van der Waals surface area contributed by atoms with E-state index in [9.17, 15) is 4.79 Å². The van der Waals surface area contributed by atoms with E-state index < -0.39 is 0 Å². The van der Waals surface area contributed by atoms with Gasteiger partial charge in [-0.05, 0) is 49.9 Å². The number of nitrogens with one attached hydrogen (secondary N) is 2. The molecule has 0 unspecified atom stereocenters. The Hall–Kier alpha value is -1.86. The first-order chi connectivity index (χ1) is 9.28. The molecule has 2 N–H and O–H groups in total. The minimum absolute atomic E-state index is 0.0570. The summed E-state index contributed by atoms with van der Waals surface area (Å²) in [5, 5.41) is 11.6. The third kappa shape index (κ3) is 4.38. The normalized spacial score (nSPS) is 16.4. The quantitative estimate of drug-likeness (QED) is 0.848. The van der Waals surface area contributed by atoms with E-state index in [1.807, 2.05) is 0 Å². The first-order valence-electron chi connectivity index (χ1n) is 6.91. The standard InChI is InChI=1S/C15H19N3O/c16-11-13-5-7-14(8-6-13)17-15(19)12-18-9-3-1-2-4-10-18/h5-8H,1-4,9-10,12H2,(H,17,19)/p+1. The monoisotopic (exact) mass is 258 g/mol. The van der Waals surface area contributed by atoms with Gasteiger partial charge in [0.25, 0.3) is 5.91 Å². The highest BCUT2D eigenvalue weighted by molar-refractivity contribution is 5.91. The van der Waals surface area contributed by atoms with Crippen LogP contribution in [0.25, 0.3) is 0 Å². The number of hydrogen-bond acceptors (Lipinski definition) is 2. The van der Waals surface area contributed by atoms with Crippen molar-refractivity contribution in [2.45, 2.75) is 25.7 Å². The first-order valence-corrected chi connectivity index (χ1v) is 6.91. The van der Waals surface area contributed by atoms with Gasteiger partial charge in [-0.1, -0.05) is 0 Å². The van der Waals surface area contributed by atoms with E-state index in [1.165, 1.54) is 30.6 Å². The van der Waals surface area contributed by atoms with Crippen LogP contribution in [0.5, 0.6) is 0 Å². The Morgan fingerprint density at radius 3 is 2.37 bits per heavy atom. The van der Waals surface area contributed by atoms with E-state index in [4.69, 9.17) is 5.26 Å². The summed E-state index contributed by atoms with van der Waals surface area (Å²) in [5.41, 5.74) is 1.37. The molecule has 0 aliphatic carbocycles. The molecule has 0 aromatic heterocycles. The van der Waals surface area contributed by atoms with Crippen molar-refractivity contribution in [2.75, 3.05) is 25.0 Å². The van der Waals surface area contributed by atoms with Gasteiger partial charge < -0.3 is 10.2 Å². The lowest BCUT2D eigenvalue weighted by atomic mass is 10.2. The summed E-state index contributed by atoms with van der Waals surface area (Å²) in [6.07, 6.45) is 5.03. The molecule has 1 aliphatic heterocycles. The number of nitrogens with zero attached hydrogens (tertiary/aromatic N) is 1. The van der Waals surface area contributed by atoms with Crippen LogP contribution in [-0.4, -0.2) is 25.5 Å². The van der Waals surface area contributed by atoms with Crippen LogP contribution < -0.4 is 10.2 Å². The zero-order valence-electron chi connectivity index (χ0n) is 11.1. The van der Waals surface area contributed by atoms with Gasteiger partial charge in [0.05, 0.1) is 24.7 Å². The second-order valence-electron chi connectivity index (χ2n) is 5.08. The van der Waals surface area contributed by atoms with Gasteiger partial charge in [0.2, 0.25) is 0 Å². The lowest BCUT2D eigenvalue weighted by molar-refractivity contribution is -0.890. The van der Waals surface area contributed by atoms with Gasteiger partial charge >= 0.3 is 0 Å². The number of benzene rings is 1. The largest absolute Gasteiger partial charge is 0.327 e. The third-order valence-corrected chi connectivity index (χ3v) is 3.52. The maximum Gasteiger partial charge on any atom is 0.279 e. The van der Waals surface area contributed by atoms with Gasteiger partial charge in [0.15, 0.2) is 6.54 Å². The van der Waals surface area contributed by atoms with E-state index >= 15 is 0 Å². The molecule has 0 spiro atoms. The number of nitriles is 1. The van der Waals surface area contributed by atoms with Crippen molar-refractivity contribution in [2.24, 2.45) is 0 Å². The van der Waals surface area contributed by atoms with Crippen LogP contribution >= 0.6 is 0 Å². The Morgan fingerprint density at radius 1 is 1.16 bits per heavy atom. The molecule has 0 atom stereocenters. The lowest BCUT2D eigenvalue weighted by Gasteiger charge is -2.16. The predicted octanol–water partition coefficient (Wildman–Crippen LogP) is 0.956. The molecule has 0 radical (unpaired) electrons. The lowest BCUT2D eigenvalue weighted by Crippen LogP contribution is -3.12. The summed E-state index contributed by atoms with van der Waals surface area (Å²) in [6, 6.07) is 9.04. The van der Waals surface area contributed by atoms with Crippen molar-refractivity contribution in [3.05, 3.63) is 29.8 Å². The van der Waals surface area contributed by atoms with Crippen molar-refractivity contribution in [1.82, 2.24) is 0 Å². The van der Waals surface area contributed by atoms with Crippen LogP contribution in [0, 0.1) is 11.3 Å². The molecule has 4 nitrogen and oxygen atoms in total. The molecular formula is C15H20N3O+. The molecule has 1 fully saturated rings. The maximum absolute atomic E-state index is 12.0. The topological polar surface area (TPSA) is 57.3 Å². The first kappa shape index (κ1) is 13.6. The molecule has 1 amide bonds. The summed E-state index contributed by atoms with van der Waals surface area (Å²) in [6.45, 7) is 2.74. The summed E-state index contributed by atoms with van der Waals surface area (Å²) in [5.74, 6) is 0.0570. The van der Waals surface area contributed by atoms with Gasteiger partial charge in [0, 0.05) is 5.69 Å². The molecule has 19 heavy (non-hydrogen) atoms. The molecule has 1 saturated heterocycles. The van der Waals surface area contributed by atoms with E-state index in [1.54, 1.807) is 24.3 Å². The second-order valence-corrected chi connectivity index (χ2v) is 5.08. The fourth-order valence-corrected chi connectivity index (χ4v) is 2.47. The summed E-state index contributed by atoms with van der Waals surface area (Å²) >= 11 is 0. The Labute approximate surface area is 114 Å². The van der Waals surface area contributed by atoms with Crippen LogP contribution in [0.3, 0.4) is 0 Å². The molecule has 1 aromatic rings. The zero-order chi connectivity index (χ0) is 13.5. The Bertz CT molecular complexity index is 453. The summed E-state index contributed by atoms with van der Waals surface area (Å²) < 4.78 is 0. The molecule has 0 bridgehead atoms. The van der Waals surface area contributed by atoms with Crippen molar-refractivity contribution in [3.63, 3.8) is 0 Å². The van der Waals surface area contributed by atoms with Crippen LogP contribution in [0.1, 0.15) is 31.2 Å². The summed E-state index contributed by atoms with van der Waals surface area (Å²) in [4.78, 5) is 13.3. The van der Waals surface area contributed by atoms with Crippen LogP contribution in [0.4, 0.5) is 5.69 Å². The number of likely N-dealkylation sites (tertiary alicyclic amines) is 1. The molecule has 100 valence electrons. The number of anilines is 1. The van der Waals surface area contributed by atoms with Crippen LogP contribution in [0.2, 0.25) is 0 Å². The van der Waals surface area contributed by atoms with E-state index in [0.717, 1.165) is 18.8 Å². The van der Waals surface area contributed by atoms with Crippen LogP contribution in [-0.2, 0) is 4.79 Å². The number of rotatable bonds is 3. The average molecular weight is 258 g/mol. The molecule has 1 aliphatic rings. The predicted molar refractivity (Wildman–Crippen MR) is 73.8 cm³/mol. The number of carbonyl (C=O) groups excluding carboxylic acids is 1. The van der Waals surface area contributed by atoms with Crippen molar-refractivity contribution < 1.29 is 9.69 Å². The fraction of sp³-hybridized carbons (Fsp3) is 0.467. The Kier molecular flexibility index (Phi) is 4.93. The van der Waals surface area contributed by atoms with Gasteiger partial charge in [-0.2, -0.15) is 5.26 Å². The van der Waals surface area contributed by atoms with E-state index in [2.05, 4.69) is 11.4 Å². The molecular weight excluding hydrogens is 238 g/mol. The molecule has 4 heteroatoms. The second kappa shape index (κ2) is 6.91. The average Bonchev–Trinajstić information content (AvgIpc) is 2.68. The van der Waals surface area contributed by atoms with E-state index in [-0.39, 0.29) is 5.91 Å². The smallest absolute Gasteiger partial charge is 0.279 e. The SMILES string of the molecule is N#Cc1ccc(NC(=O)C[NH+]2CCCCCC2)cc1. The highest BCUT2D eigenvalue weighted by Crippen LogP contribution is 2.08. The molecule has 1 heterocycles. The van der Waals surface area contributed by atoms with Gasteiger partial charge in [-0.15, -0.1) is 0 Å². The maximum atomic E-state index is 12.0. The van der Waals surface area contributed by atoms with Crippen molar-refractivity contribution >= 4 is 11.6 Å². The Balaban J connectivity index is 1.84. The third-order valence-electron chi connectivity index (χ3n) is 3.52. The van der Waals surface area contributed by atoms with Gasteiger partial charge in [-0.25, -0.2) is 0 Å². The summed E-state index contributed by atoms with van der Waals surface area (Å²) in [7, 11) is 0. The van der Waals surface area contributed by atoms with Crippen molar-refractivity contribution in [1.29, 1.82) is 5.26 Å². The Morgan fingerprint density at radius 2 is 1.79 bits per heavy atom. The highest BCUT2D eigenvalue weighted by Gasteiger charge is 2.16. The number of amides is 1. The van der Waals surface area contributed by atoms with E-state index in [0.29, 0.717) is 12.1 Å². The highest BCUT2D eigenvalue weighted by atomic mass is 16.2. The number of carbonyl (C=O) groups is 1. The van der Waals surface area contributed by atoms with Gasteiger partial charge in [-0.3, -0.25) is 4.79 Å². The minimum atomic E-state index is 0.0570. The van der Waals surface area contributed by atoms with Crippen LogP contribution in [0.15, 0.2) is 24.3 Å². The number of quaternary nitrogens is 1. The zero-order valence-corrected chi connectivity index (χ0v) is 11.1. The molecule has 0 saturated carbocycles.